The number of halogens is 12. The van der Waals surface area contributed by atoms with E-state index in [4.69, 9.17) is 4.74 Å². The fourth-order valence-electron chi connectivity index (χ4n) is 1.64. The number of rotatable bonds is 0. The average Bonchev–Trinajstić information content (AvgIpc) is 2.28. The SMILES string of the molecule is C.CC(C)(C)OC(=O)N1CCNCC1(C)C.F[B-](F)(F)F.F[B-](F)(F)F.F[B-](F)(F)F. The van der Waals surface area contributed by atoms with Gasteiger partial charge in [0.1, 0.15) is 5.60 Å². The van der Waals surface area contributed by atoms with E-state index in [1.54, 1.807) is 4.90 Å². The van der Waals surface area contributed by atoms with Gasteiger partial charge in [0.05, 0.1) is 5.54 Å². The molecule has 19 heteroatoms. The first kappa shape index (κ1) is 36.9. The molecule has 0 atom stereocenters. The lowest BCUT2D eigenvalue weighted by molar-refractivity contribution is -0.00270. The largest absolute Gasteiger partial charge is 0.673 e. The van der Waals surface area contributed by atoms with Gasteiger partial charge in [-0.15, -0.1) is 0 Å². The standard InChI is InChI=1S/C11H22N2O2.CH4.3BF4/c1-10(2,3)15-9(14)13-7-6-12-8-11(13,4)5;;3*2-1(3,4)5/h12H,6-8H2,1-5H3;1H4;;;/q;;3*-1. The van der Waals surface area contributed by atoms with Crippen molar-refractivity contribution in [1.82, 2.24) is 10.2 Å². The number of carbonyl (C=O) groups excluding carboxylic acids is 1. The lowest BCUT2D eigenvalue weighted by Gasteiger charge is -2.42. The van der Waals surface area contributed by atoms with Crippen LogP contribution in [0.3, 0.4) is 0 Å². The highest BCUT2D eigenvalue weighted by Crippen LogP contribution is 2.20. The maximum atomic E-state index is 11.9. The number of piperazine rings is 1. The maximum Gasteiger partial charge on any atom is 0.673 e. The smallest absolute Gasteiger partial charge is 0.444 e. The summed E-state index contributed by atoms with van der Waals surface area (Å²) in [4.78, 5) is 13.7. The highest BCUT2D eigenvalue weighted by atomic mass is 19.5. The summed E-state index contributed by atoms with van der Waals surface area (Å²) in [5.74, 6) is 0. The fourth-order valence-corrected chi connectivity index (χ4v) is 1.64. The van der Waals surface area contributed by atoms with Crippen molar-refractivity contribution in [2.45, 2.75) is 53.2 Å². The molecule has 31 heavy (non-hydrogen) atoms. The minimum atomic E-state index is -6.00. The molecule has 1 heterocycles. The number of nitrogens with one attached hydrogen (secondary N) is 1. The van der Waals surface area contributed by atoms with Gasteiger partial charge in [-0.2, -0.15) is 0 Å². The molecule has 1 aliphatic heterocycles. The van der Waals surface area contributed by atoms with Crippen LogP contribution < -0.4 is 5.32 Å². The number of hydrogen-bond donors (Lipinski definition) is 1. The lowest BCUT2D eigenvalue weighted by atomic mass is 10.0. The van der Waals surface area contributed by atoms with Crippen LogP contribution in [0.2, 0.25) is 0 Å². The molecule has 1 saturated heterocycles. The molecule has 0 unspecified atom stereocenters. The van der Waals surface area contributed by atoms with Gasteiger partial charge in [-0.25, -0.2) is 4.79 Å². The van der Waals surface area contributed by atoms with Crippen molar-refractivity contribution in [2.24, 2.45) is 0 Å². The van der Waals surface area contributed by atoms with E-state index in [-0.39, 0.29) is 19.1 Å². The second-order valence-electron chi connectivity index (χ2n) is 7.11. The quantitative estimate of drug-likeness (QED) is 0.327. The van der Waals surface area contributed by atoms with Crippen molar-refractivity contribution in [3.05, 3.63) is 0 Å². The van der Waals surface area contributed by atoms with E-state index >= 15 is 0 Å². The van der Waals surface area contributed by atoms with Crippen LogP contribution in [-0.2, 0) is 4.74 Å². The van der Waals surface area contributed by atoms with E-state index < -0.39 is 27.4 Å². The van der Waals surface area contributed by atoms with Crippen LogP contribution in [0.15, 0.2) is 0 Å². The van der Waals surface area contributed by atoms with Crippen LogP contribution in [-0.4, -0.2) is 63.5 Å². The molecule has 1 N–H and O–H groups in total. The molecule has 0 aromatic rings. The van der Waals surface area contributed by atoms with Gasteiger partial charge < -0.3 is 66.7 Å². The predicted octanol–water partition coefficient (Wildman–Crippen LogP) is 6.14. The minimum absolute atomic E-state index is 0. The first-order valence-electron chi connectivity index (χ1n) is 8.06. The molecule has 0 bridgehead atoms. The Balaban J connectivity index is -0.000000189. The van der Waals surface area contributed by atoms with Gasteiger partial charge in [-0.1, -0.05) is 7.43 Å². The lowest BCUT2D eigenvalue weighted by Crippen LogP contribution is -2.60. The van der Waals surface area contributed by atoms with Gasteiger partial charge in [-0.05, 0) is 34.6 Å². The summed E-state index contributed by atoms with van der Waals surface area (Å²) in [5, 5.41) is 3.27. The second kappa shape index (κ2) is 13.9. The van der Waals surface area contributed by atoms with Crippen molar-refractivity contribution >= 4 is 27.9 Å². The zero-order valence-corrected chi connectivity index (χ0v) is 16.7. The summed E-state index contributed by atoms with van der Waals surface area (Å²) in [5.41, 5.74) is -0.585. The molecule has 0 spiro atoms. The first-order valence-corrected chi connectivity index (χ1v) is 8.06. The highest BCUT2D eigenvalue weighted by Gasteiger charge is 2.35. The number of ether oxygens (including phenoxy) is 1. The highest BCUT2D eigenvalue weighted by molar-refractivity contribution is 6.50. The molecule has 0 aromatic heterocycles. The third-order valence-corrected chi connectivity index (χ3v) is 2.41. The Morgan fingerprint density at radius 1 is 0.839 bits per heavy atom. The van der Waals surface area contributed by atoms with Crippen LogP contribution in [0.1, 0.15) is 42.0 Å². The van der Waals surface area contributed by atoms with Crippen LogP contribution in [0.5, 0.6) is 0 Å². The number of carbonyl (C=O) groups is 1. The summed E-state index contributed by atoms with van der Waals surface area (Å²) < 4.78 is 122. The maximum absolute atomic E-state index is 11.9. The molecular weight excluding hydrogens is 465 g/mol. The van der Waals surface area contributed by atoms with Crippen LogP contribution in [0.25, 0.3) is 0 Å². The summed E-state index contributed by atoms with van der Waals surface area (Å²) in [7, 11) is -18.0. The van der Waals surface area contributed by atoms with Gasteiger partial charge >= 0.3 is 27.9 Å². The molecule has 0 aliphatic carbocycles. The van der Waals surface area contributed by atoms with Crippen molar-refractivity contribution in [2.75, 3.05) is 19.6 Å². The van der Waals surface area contributed by atoms with Crippen LogP contribution in [0, 0.1) is 0 Å². The Morgan fingerprint density at radius 3 is 1.35 bits per heavy atom. The molecule has 1 amide bonds. The normalized spacial score (nSPS) is 16.1. The summed E-state index contributed by atoms with van der Waals surface area (Å²) in [6.45, 7) is 12.1. The van der Waals surface area contributed by atoms with Crippen molar-refractivity contribution in [3.8, 4) is 0 Å². The Morgan fingerprint density at radius 2 is 1.13 bits per heavy atom. The molecule has 0 aromatic carbocycles. The van der Waals surface area contributed by atoms with Crippen molar-refractivity contribution in [1.29, 1.82) is 0 Å². The van der Waals surface area contributed by atoms with E-state index in [2.05, 4.69) is 5.32 Å². The molecule has 0 radical (unpaired) electrons. The molecule has 192 valence electrons. The van der Waals surface area contributed by atoms with Crippen LogP contribution >= 0.6 is 0 Å². The van der Waals surface area contributed by atoms with Gasteiger partial charge in [0.25, 0.3) is 0 Å². The Hall–Kier alpha value is -1.42. The predicted molar refractivity (Wildman–Crippen MR) is 97.2 cm³/mol. The molecular formula is C12H26B3F12N2O2-3. The third kappa shape index (κ3) is 43.4. The van der Waals surface area contributed by atoms with E-state index in [0.717, 1.165) is 13.1 Å². The summed E-state index contributed by atoms with van der Waals surface area (Å²) in [6, 6.07) is 0. The van der Waals surface area contributed by atoms with E-state index in [9.17, 15) is 56.6 Å². The van der Waals surface area contributed by atoms with Crippen molar-refractivity contribution < 1.29 is 61.3 Å². The summed E-state index contributed by atoms with van der Waals surface area (Å²) in [6.07, 6.45) is -0.214. The third-order valence-electron chi connectivity index (χ3n) is 2.41. The minimum Gasteiger partial charge on any atom is -0.444 e. The molecule has 1 aliphatic rings. The van der Waals surface area contributed by atoms with Gasteiger partial charge in [-0.3, -0.25) is 0 Å². The zero-order valence-electron chi connectivity index (χ0n) is 16.7. The zero-order chi connectivity index (χ0) is 25.2. The molecule has 1 fully saturated rings. The molecule has 1 rings (SSSR count). The Labute approximate surface area is 173 Å². The Bertz CT molecular complexity index is 447. The molecule has 0 saturated carbocycles. The number of hydrogen-bond acceptors (Lipinski definition) is 3. The fraction of sp³-hybridized carbons (Fsp3) is 0.917. The Kier molecular flexibility index (Phi) is 16.5. The van der Waals surface area contributed by atoms with Gasteiger partial charge in [0, 0.05) is 19.6 Å². The van der Waals surface area contributed by atoms with E-state index in [1.165, 1.54) is 0 Å². The number of amides is 1. The summed E-state index contributed by atoms with van der Waals surface area (Å²) >= 11 is 0. The van der Waals surface area contributed by atoms with Crippen molar-refractivity contribution in [3.63, 3.8) is 0 Å². The average molecular weight is 491 g/mol. The number of nitrogens with zero attached hydrogens (tertiary/aromatic N) is 1. The second-order valence-corrected chi connectivity index (χ2v) is 7.11. The van der Waals surface area contributed by atoms with Gasteiger partial charge in [0.15, 0.2) is 0 Å². The van der Waals surface area contributed by atoms with E-state index in [0.29, 0.717) is 6.54 Å². The van der Waals surface area contributed by atoms with Crippen LogP contribution in [0.4, 0.5) is 56.6 Å². The molecule has 4 nitrogen and oxygen atoms in total. The van der Waals surface area contributed by atoms with Gasteiger partial charge in [0.2, 0.25) is 0 Å². The van der Waals surface area contributed by atoms with E-state index in [1.807, 2.05) is 34.6 Å². The topological polar surface area (TPSA) is 41.6 Å². The first-order chi connectivity index (χ1) is 12.7. The monoisotopic (exact) mass is 491 g/mol.